The van der Waals surface area contributed by atoms with E-state index in [-0.39, 0.29) is 24.0 Å². The molecule has 1 aromatic carbocycles. The topological polar surface area (TPSA) is 72.7 Å². The van der Waals surface area contributed by atoms with Crippen LogP contribution in [0.1, 0.15) is 31.7 Å². The van der Waals surface area contributed by atoms with Crippen molar-refractivity contribution in [1.29, 1.82) is 0 Å². The van der Waals surface area contributed by atoms with Crippen molar-refractivity contribution in [1.82, 2.24) is 20.2 Å². The zero-order chi connectivity index (χ0) is 19.4. The van der Waals surface area contributed by atoms with Crippen LogP contribution in [0.3, 0.4) is 0 Å². The van der Waals surface area contributed by atoms with Crippen LogP contribution in [0.5, 0.6) is 0 Å². The molecule has 1 aromatic heterocycles. The molecule has 1 aliphatic heterocycles. The van der Waals surface area contributed by atoms with Gasteiger partial charge in [0.1, 0.15) is 0 Å². The number of halogens is 1. The first kappa shape index (κ1) is 23.6. The standard InChI is InChI=1S/C21H31N5O2.HI/c1-2-23-21(24-10-6-13-27-16-19-8-5-14-28-19)25-15-18-7-3-4-9-20(18)26-12-11-22-17-26;/h3-4,7,9,11-12,17,19H,2,5-6,8,10,13-16H2,1H3,(H2,23,24,25);1H. The first-order chi connectivity index (χ1) is 13.9. The van der Waals surface area contributed by atoms with Gasteiger partial charge in [0.2, 0.25) is 0 Å². The van der Waals surface area contributed by atoms with E-state index < -0.39 is 0 Å². The van der Waals surface area contributed by atoms with Gasteiger partial charge in [-0.05, 0) is 37.8 Å². The molecule has 0 spiro atoms. The predicted molar refractivity (Wildman–Crippen MR) is 126 cm³/mol. The van der Waals surface area contributed by atoms with Crippen molar-refractivity contribution in [3.05, 3.63) is 48.5 Å². The monoisotopic (exact) mass is 513 g/mol. The summed E-state index contributed by atoms with van der Waals surface area (Å²) in [4.78, 5) is 8.87. The van der Waals surface area contributed by atoms with Gasteiger partial charge in [0.15, 0.2) is 5.96 Å². The van der Waals surface area contributed by atoms with E-state index in [1.165, 1.54) is 0 Å². The number of rotatable bonds is 10. The summed E-state index contributed by atoms with van der Waals surface area (Å²) >= 11 is 0. The van der Waals surface area contributed by atoms with Gasteiger partial charge in [-0.2, -0.15) is 0 Å². The molecular formula is C21H32IN5O2. The van der Waals surface area contributed by atoms with Crippen LogP contribution in [-0.2, 0) is 16.0 Å². The third kappa shape index (κ3) is 7.94. The SMILES string of the molecule is CCNC(=NCc1ccccc1-n1ccnc1)NCCCOCC1CCCO1.I. The van der Waals surface area contributed by atoms with Gasteiger partial charge in [-0.15, -0.1) is 24.0 Å². The molecule has 2 heterocycles. The Morgan fingerprint density at radius 2 is 2.24 bits per heavy atom. The Morgan fingerprint density at radius 3 is 3.00 bits per heavy atom. The zero-order valence-electron chi connectivity index (χ0n) is 17.0. The second-order valence-corrected chi connectivity index (χ2v) is 6.78. The molecule has 160 valence electrons. The van der Waals surface area contributed by atoms with Gasteiger partial charge in [0.05, 0.1) is 31.3 Å². The maximum absolute atomic E-state index is 5.71. The number of imidazole rings is 1. The van der Waals surface area contributed by atoms with Crippen LogP contribution in [-0.4, -0.2) is 54.5 Å². The average Bonchev–Trinajstić information content (AvgIpc) is 3.43. The number of nitrogens with zero attached hydrogens (tertiary/aromatic N) is 3. The maximum atomic E-state index is 5.71. The number of hydrogen-bond donors (Lipinski definition) is 2. The number of benzene rings is 1. The van der Waals surface area contributed by atoms with Crippen molar-refractivity contribution < 1.29 is 9.47 Å². The predicted octanol–water partition coefficient (Wildman–Crippen LogP) is 3.13. The molecule has 1 fully saturated rings. The minimum atomic E-state index is 0. The van der Waals surface area contributed by atoms with E-state index in [0.29, 0.717) is 19.3 Å². The van der Waals surface area contributed by atoms with Crippen LogP contribution in [0.15, 0.2) is 48.0 Å². The minimum absolute atomic E-state index is 0. The van der Waals surface area contributed by atoms with E-state index in [9.17, 15) is 0 Å². The van der Waals surface area contributed by atoms with Gasteiger partial charge in [-0.1, -0.05) is 18.2 Å². The summed E-state index contributed by atoms with van der Waals surface area (Å²) in [6.07, 6.45) is 9.04. The second-order valence-electron chi connectivity index (χ2n) is 6.78. The minimum Gasteiger partial charge on any atom is -0.379 e. The summed E-state index contributed by atoms with van der Waals surface area (Å²) < 4.78 is 13.3. The van der Waals surface area contributed by atoms with Crippen LogP contribution in [0.2, 0.25) is 0 Å². The number of aromatic nitrogens is 2. The van der Waals surface area contributed by atoms with Gasteiger partial charge >= 0.3 is 0 Å². The number of guanidine groups is 1. The Bertz CT molecular complexity index is 718. The molecule has 8 heteroatoms. The lowest BCUT2D eigenvalue weighted by Gasteiger charge is -2.13. The molecule has 1 atom stereocenters. The molecule has 2 aromatic rings. The van der Waals surface area contributed by atoms with Crippen LogP contribution in [0.25, 0.3) is 5.69 Å². The first-order valence-electron chi connectivity index (χ1n) is 10.1. The maximum Gasteiger partial charge on any atom is 0.191 e. The van der Waals surface area contributed by atoms with E-state index in [1.54, 1.807) is 6.20 Å². The number of nitrogens with one attached hydrogen (secondary N) is 2. The molecule has 0 saturated carbocycles. The van der Waals surface area contributed by atoms with Crippen LogP contribution < -0.4 is 10.6 Å². The highest BCUT2D eigenvalue weighted by Gasteiger charge is 2.14. The summed E-state index contributed by atoms with van der Waals surface area (Å²) in [7, 11) is 0. The van der Waals surface area contributed by atoms with Gasteiger partial charge in [-0.3, -0.25) is 0 Å². The highest BCUT2D eigenvalue weighted by molar-refractivity contribution is 14.0. The summed E-state index contributed by atoms with van der Waals surface area (Å²) in [5, 5.41) is 6.68. The highest BCUT2D eigenvalue weighted by Crippen LogP contribution is 2.15. The zero-order valence-corrected chi connectivity index (χ0v) is 19.4. The lowest BCUT2D eigenvalue weighted by molar-refractivity contribution is 0.0168. The molecule has 0 radical (unpaired) electrons. The average molecular weight is 513 g/mol. The van der Waals surface area contributed by atoms with Crippen LogP contribution >= 0.6 is 24.0 Å². The smallest absolute Gasteiger partial charge is 0.191 e. The molecule has 3 rings (SSSR count). The molecule has 1 saturated heterocycles. The summed E-state index contributed by atoms with van der Waals surface area (Å²) in [6, 6.07) is 8.25. The Morgan fingerprint density at radius 1 is 1.34 bits per heavy atom. The van der Waals surface area contributed by atoms with Crippen LogP contribution in [0.4, 0.5) is 0 Å². The van der Waals surface area contributed by atoms with E-state index in [2.05, 4.69) is 34.7 Å². The Hall–Kier alpha value is -1.65. The van der Waals surface area contributed by atoms with Crippen molar-refractivity contribution in [3.8, 4) is 5.69 Å². The third-order valence-corrected chi connectivity index (χ3v) is 4.61. The molecule has 1 aliphatic rings. The van der Waals surface area contributed by atoms with Crippen molar-refractivity contribution in [2.45, 2.75) is 38.8 Å². The van der Waals surface area contributed by atoms with Crippen molar-refractivity contribution >= 4 is 29.9 Å². The molecule has 2 N–H and O–H groups in total. The molecule has 0 amide bonds. The summed E-state index contributed by atoms with van der Waals surface area (Å²) in [6.45, 7) is 6.63. The lowest BCUT2D eigenvalue weighted by Crippen LogP contribution is -2.38. The van der Waals surface area contributed by atoms with Gasteiger partial charge in [0.25, 0.3) is 0 Å². The molecule has 0 aliphatic carbocycles. The van der Waals surface area contributed by atoms with Crippen molar-refractivity contribution in [2.24, 2.45) is 4.99 Å². The number of hydrogen-bond acceptors (Lipinski definition) is 4. The van der Waals surface area contributed by atoms with E-state index >= 15 is 0 Å². The molecule has 7 nitrogen and oxygen atoms in total. The fraction of sp³-hybridized carbons (Fsp3) is 0.524. The molecular weight excluding hydrogens is 481 g/mol. The number of ether oxygens (including phenoxy) is 2. The van der Waals surface area contributed by atoms with Gasteiger partial charge < -0.3 is 24.7 Å². The lowest BCUT2D eigenvalue weighted by atomic mass is 10.2. The first-order valence-corrected chi connectivity index (χ1v) is 10.1. The van der Waals surface area contributed by atoms with Crippen LogP contribution in [0, 0.1) is 0 Å². The molecule has 29 heavy (non-hydrogen) atoms. The summed E-state index contributed by atoms with van der Waals surface area (Å²) in [5.74, 6) is 0.821. The number of aliphatic imine (C=N–C) groups is 1. The molecule has 1 unspecified atom stereocenters. The van der Waals surface area contributed by atoms with E-state index in [4.69, 9.17) is 14.5 Å². The number of para-hydroxylation sites is 1. The Labute approximate surface area is 190 Å². The van der Waals surface area contributed by atoms with Gasteiger partial charge in [-0.25, -0.2) is 9.98 Å². The van der Waals surface area contributed by atoms with E-state index in [1.807, 2.05) is 29.2 Å². The second kappa shape index (κ2) is 13.6. The largest absolute Gasteiger partial charge is 0.379 e. The third-order valence-electron chi connectivity index (χ3n) is 4.61. The summed E-state index contributed by atoms with van der Waals surface area (Å²) in [5.41, 5.74) is 2.25. The Kier molecular flexibility index (Phi) is 11.0. The van der Waals surface area contributed by atoms with Gasteiger partial charge in [0, 0.05) is 38.7 Å². The molecule has 0 bridgehead atoms. The normalized spacial score (nSPS) is 16.4. The quantitative estimate of drug-likeness (QED) is 0.221. The Balaban J connectivity index is 0.00000300. The van der Waals surface area contributed by atoms with E-state index in [0.717, 1.165) is 62.8 Å². The fourth-order valence-electron chi connectivity index (χ4n) is 3.18. The highest BCUT2D eigenvalue weighted by atomic mass is 127. The van der Waals surface area contributed by atoms with Crippen molar-refractivity contribution in [3.63, 3.8) is 0 Å². The van der Waals surface area contributed by atoms with Crippen molar-refractivity contribution in [2.75, 3.05) is 32.9 Å². The fourth-order valence-corrected chi connectivity index (χ4v) is 3.18.